The van der Waals surface area contributed by atoms with Crippen molar-refractivity contribution >= 4 is 11.6 Å². The molecule has 0 saturated heterocycles. The molecule has 0 spiro atoms. The van der Waals surface area contributed by atoms with E-state index in [0.29, 0.717) is 6.54 Å². The van der Waals surface area contributed by atoms with Gasteiger partial charge in [0, 0.05) is 25.3 Å². The maximum atomic E-state index is 12.8. The van der Waals surface area contributed by atoms with Crippen LogP contribution >= 0.6 is 0 Å². The van der Waals surface area contributed by atoms with Gasteiger partial charge in [-0.15, -0.1) is 0 Å². The molecule has 5 heteroatoms. The van der Waals surface area contributed by atoms with Gasteiger partial charge < -0.3 is 16.0 Å². The Morgan fingerprint density at radius 1 is 1.39 bits per heavy atom. The third kappa shape index (κ3) is 4.33. The number of nitrogens with one attached hydrogen (secondary N) is 1. The van der Waals surface area contributed by atoms with Gasteiger partial charge in [-0.2, -0.15) is 0 Å². The van der Waals surface area contributed by atoms with Crippen LogP contribution < -0.4 is 16.0 Å². The van der Waals surface area contributed by atoms with E-state index in [9.17, 15) is 9.18 Å². The Morgan fingerprint density at radius 2 is 1.94 bits per heavy atom. The number of benzene rings is 1. The van der Waals surface area contributed by atoms with Crippen LogP contribution in [0.2, 0.25) is 0 Å². The van der Waals surface area contributed by atoms with Crippen LogP contribution in [-0.2, 0) is 4.79 Å². The number of hydrogen-bond donors (Lipinski definition) is 2. The van der Waals surface area contributed by atoms with Crippen molar-refractivity contribution in [3.63, 3.8) is 0 Å². The molecule has 0 aliphatic rings. The first-order valence-corrected chi connectivity index (χ1v) is 5.92. The van der Waals surface area contributed by atoms with Gasteiger partial charge in [0.2, 0.25) is 5.91 Å². The fraction of sp³-hybridized carbons (Fsp3) is 0.462. The topological polar surface area (TPSA) is 58.4 Å². The molecule has 18 heavy (non-hydrogen) atoms. The number of hydrogen-bond acceptors (Lipinski definition) is 3. The van der Waals surface area contributed by atoms with Crippen molar-refractivity contribution in [2.45, 2.75) is 25.9 Å². The molecule has 0 aliphatic carbocycles. The maximum absolute atomic E-state index is 12.8. The molecule has 0 fully saturated rings. The van der Waals surface area contributed by atoms with E-state index in [0.717, 1.165) is 5.69 Å². The molecular formula is C13H20FN3O. The second-order valence-corrected chi connectivity index (χ2v) is 4.63. The molecule has 1 amide bonds. The van der Waals surface area contributed by atoms with Gasteiger partial charge in [-0.3, -0.25) is 4.79 Å². The number of carbonyl (C=O) groups is 1. The lowest BCUT2D eigenvalue weighted by Crippen LogP contribution is -2.50. The van der Waals surface area contributed by atoms with Gasteiger partial charge in [0.05, 0.1) is 0 Å². The standard InChI is InChI=1S/C13H20FN3O/c1-9(2)16-12(13(15)18)8-17(3)11-6-4-10(14)5-7-11/h4-7,9,12,16H,8H2,1-3H3,(H2,15,18). The van der Waals surface area contributed by atoms with Crippen LogP contribution in [0, 0.1) is 5.82 Å². The van der Waals surface area contributed by atoms with Crippen molar-refractivity contribution in [2.24, 2.45) is 5.73 Å². The number of halogens is 1. The van der Waals surface area contributed by atoms with Gasteiger partial charge >= 0.3 is 0 Å². The lowest BCUT2D eigenvalue weighted by Gasteiger charge is -2.26. The van der Waals surface area contributed by atoms with Gasteiger partial charge in [-0.25, -0.2) is 4.39 Å². The van der Waals surface area contributed by atoms with Crippen molar-refractivity contribution in [2.75, 3.05) is 18.5 Å². The van der Waals surface area contributed by atoms with Crippen LogP contribution in [0.3, 0.4) is 0 Å². The summed E-state index contributed by atoms with van der Waals surface area (Å²) >= 11 is 0. The van der Waals surface area contributed by atoms with Crippen LogP contribution in [0.25, 0.3) is 0 Å². The van der Waals surface area contributed by atoms with Gasteiger partial charge in [0.1, 0.15) is 11.9 Å². The van der Waals surface area contributed by atoms with Crippen LogP contribution in [0.4, 0.5) is 10.1 Å². The molecule has 4 nitrogen and oxygen atoms in total. The largest absolute Gasteiger partial charge is 0.372 e. The predicted octanol–water partition coefficient (Wildman–Crippen LogP) is 1.11. The summed E-state index contributed by atoms with van der Waals surface area (Å²) in [6.45, 7) is 4.35. The zero-order chi connectivity index (χ0) is 13.7. The molecule has 1 atom stereocenters. The summed E-state index contributed by atoms with van der Waals surface area (Å²) in [7, 11) is 1.84. The van der Waals surface area contributed by atoms with E-state index in [1.807, 2.05) is 25.8 Å². The normalized spacial score (nSPS) is 12.5. The van der Waals surface area contributed by atoms with E-state index in [1.54, 1.807) is 12.1 Å². The van der Waals surface area contributed by atoms with Gasteiger partial charge in [-0.05, 0) is 24.3 Å². The summed E-state index contributed by atoms with van der Waals surface area (Å²) in [6.07, 6.45) is 0. The Balaban J connectivity index is 2.68. The van der Waals surface area contributed by atoms with Crippen molar-refractivity contribution in [3.8, 4) is 0 Å². The molecule has 0 heterocycles. The van der Waals surface area contributed by atoms with Gasteiger partial charge in [-0.1, -0.05) is 13.8 Å². The number of likely N-dealkylation sites (N-methyl/N-ethyl adjacent to an activating group) is 1. The molecule has 0 aliphatic heterocycles. The van der Waals surface area contributed by atoms with Gasteiger partial charge in [0.25, 0.3) is 0 Å². The molecule has 1 aromatic rings. The molecule has 0 saturated carbocycles. The first kappa shape index (κ1) is 14.4. The van der Waals surface area contributed by atoms with Crippen LogP contribution in [0.1, 0.15) is 13.8 Å². The molecule has 1 unspecified atom stereocenters. The minimum Gasteiger partial charge on any atom is -0.372 e. The monoisotopic (exact) mass is 253 g/mol. The third-order valence-corrected chi connectivity index (χ3v) is 2.60. The summed E-state index contributed by atoms with van der Waals surface area (Å²) in [5.41, 5.74) is 6.19. The molecule has 1 rings (SSSR count). The van der Waals surface area contributed by atoms with Crippen LogP contribution in [-0.4, -0.2) is 31.6 Å². The summed E-state index contributed by atoms with van der Waals surface area (Å²) in [5.74, 6) is -0.670. The summed E-state index contributed by atoms with van der Waals surface area (Å²) < 4.78 is 12.8. The second-order valence-electron chi connectivity index (χ2n) is 4.63. The molecule has 0 radical (unpaired) electrons. The Kier molecular flexibility index (Phi) is 5.09. The van der Waals surface area contributed by atoms with E-state index in [-0.39, 0.29) is 11.9 Å². The Labute approximate surface area is 107 Å². The van der Waals surface area contributed by atoms with E-state index < -0.39 is 11.9 Å². The SMILES string of the molecule is CC(C)NC(CN(C)c1ccc(F)cc1)C(N)=O. The van der Waals surface area contributed by atoms with Crippen molar-refractivity contribution in [1.82, 2.24) is 5.32 Å². The van der Waals surface area contributed by atoms with Crippen molar-refractivity contribution < 1.29 is 9.18 Å². The number of anilines is 1. The number of nitrogens with zero attached hydrogens (tertiary/aromatic N) is 1. The van der Waals surface area contributed by atoms with E-state index in [4.69, 9.17) is 5.73 Å². The van der Waals surface area contributed by atoms with E-state index in [2.05, 4.69) is 5.32 Å². The summed E-state index contributed by atoms with van der Waals surface area (Å²) in [4.78, 5) is 13.2. The highest BCUT2D eigenvalue weighted by Gasteiger charge is 2.18. The predicted molar refractivity (Wildman–Crippen MR) is 70.9 cm³/mol. The number of primary amides is 1. The van der Waals surface area contributed by atoms with Crippen LogP contribution in [0.5, 0.6) is 0 Å². The molecule has 1 aromatic carbocycles. The number of rotatable bonds is 6. The highest BCUT2D eigenvalue weighted by Crippen LogP contribution is 2.13. The summed E-state index contributed by atoms with van der Waals surface area (Å²) in [6, 6.07) is 5.86. The van der Waals surface area contributed by atoms with E-state index >= 15 is 0 Å². The number of carbonyl (C=O) groups excluding carboxylic acids is 1. The first-order valence-electron chi connectivity index (χ1n) is 5.92. The maximum Gasteiger partial charge on any atom is 0.236 e. The molecule has 0 aromatic heterocycles. The lowest BCUT2D eigenvalue weighted by atomic mass is 10.2. The van der Waals surface area contributed by atoms with Crippen molar-refractivity contribution in [1.29, 1.82) is 0 Å². The van der Waals surface area contributed by atoms with E-state index in [1.165, 1.54) is 12.1 Å². The zero-order valence-electron chi connectivity index (χ0n) is 11.0. The highest BCUT2D eigenvalue weighted by atomic mass is 19.1. The minimum absolute atomic E-state index is 0.170. The quantitative estimate of drug-likeness (QED) is 0.798. The van der Waals surface area contributed by atoms with Gasteiger partial charge in [0.15, 0.2) is 0 Å². The molecule has 100 valence electrons. The highest BCUT2D eigenvalue weighted by molar-refractivity contribution is 5.80. The molecule has 0 bridgehead atoms. The average Bonchev–Trinajstić information content (AvgIpc) is 2.28. The second kappa shape index (κ2) is 6.35. The first-order chi connectivity index (χ1) is 8.40. The zero-order valence-corrected chi connectivity index (χ0v) is 11.0. The smallest absolute Gasteiger partial charge is 0.236 e. The number of nitrogens with two attached hydrogens (primary N) is 1. The fourth-order valence-electron chi connectivity index (χ4n) is 1.70. The lowest BCUT2D eigenvalue weighted by molar-refractivity contribution is -0.119. The average molecular weight is 253 g/mol. The number of amides is 1. The Hall–Kier alpha value is -1.62. The Bertz CT molecular complexity index is 392. The third-order valence-electron chi connectivity index (χ3n) is 2.60. The van der Waals surface area contributed by atoms with Crippen molar-refractivity contribution in [3.05, 3.63) is 30.1 Å². The molecule has 3 N–H and O–H groups in total. The summed E-state index contributed by atoms with van der Waals surface area (Å²) in [5, 5.41) is 3.10. The minimum atomic E-state index is -0.431. The fourth-order valence-corrected chi connectivity index (χ4v) is 1.70. The molecular weight excluding hydrogens is 233 g/mol. The van der Waals surface area contributed by atoms with Crippen LogP contribution in [0.15, 0.2) is 24.3 Å². The Morgan fingerprint density at radius 3 is 2.39 bits per heavy atom.